The van der Waals surface area contributed by atoms with Crippen LogP contribution >= 0.6 is 11.3 Å². The number of imidazole rings is 1. The summed E-state index contributed by atoms with van der Waals surface area (Å²) in [5.74, 6) is 0.0155. The zero-order chi connectivity index (χ0) is 12.7. The Morgan fingerprint density at radius 1 is 1.44 bits per heavy atom. The quantitative estimate of drug-likeness (QED) is 0.772. The summed E-state index contributed by atoms with van der Waals surface area (Å²) < 4.78 is 15.5. The molecular weight excluding hydrogens is 251 g/mol. The molecule has 0 spiro atoms. The highest BCUT2D eigenvalue weighted by atomic mass is 32.1. The number of rotatable bonds is 2. The molecule has 0 bridgehead atoms. The van der Waals surface area contributed by atoms with Crippen molar-refractivity contribution < 1.29 is 4.39 Å². The van der Waals surface area contributed by atoms with Gasteiger partial charge in [0.1, 0.15) is 11.3 Å². The summed E-state index contributed by atoms with van der Waals surface area (Å²) in [4.78, 5) is 9.41. The average molecular weight is 262 g/mol. The van der Waals surface area contributed by atoms with Gasteiger partial charge in [-0.3, -0.25) is 0 Å². The Hall–Kier alpha value is -1.95. The van der Waals surface area contributed by atoms with Crippen molar-refractivity contribution in [2.45, 2.75) is 13.5 Å². The maximum absolute atomic E-state index is 13.9. The third-order valence-electron chi connectivity index (χ3n) is 2.89. The molecule has 92 valence electrons. The Bertz CT molecular complexity index is 716. The highest BCUT2D eigenvalue weighted by molar-refractivity contribution is 7.09. The van der Waals surface area contributed by atoms with Crippen molar-refractivity contribution in [2.75, 3.05) is 5.73 Å². The number of nitrogens with zero attached hydrogens (tertiary/aromatic N) is 3. The molecule has 0 aliphatic heterocycles. The van der Waals surface area contributed by atoms with Crippen LogP contribution in [0.4, 0.5) is 10.3 Å². The molecule has 0 aliphatic carbocycles. The Morgan fingerprint density at radius 2 is 2.28 bits per heavy atom. The van der Waals surface area contributed by atoms with Crippen LogP contribution in [0, 0.1) is 12.7 Å². The standard InChI is InChI=1S/C12H11FN4S/c1-7-10(18-6-15-7)5-17-11-8(13)3-2-4-9(11)16-12(17)14/h2-4,6H,5H2,1H3,(H2,14,16). The van der Waals surface area contributed by atoms with Gasteiger partial charge in [-0.05, 0) is 19.1 Å². The SMILES string of the molecule is Cc1ncsc1Cn1c(N)nc2cccc(F)c21. The lowest BCUT2D eigenvalue weighted by Crippen LogP contribution is -2.05. The van der Waals surface area contributed by atoms with Gasteiger partial charge in [-0.2, -0.15) is 0 Å². The molecule has 2 heterocycles. The number of anilines is 1. The number of hydrogen-bond donors (Lipinski definition) is 1. The Morgan fingerprint density at radius 3 is 3.00 bits per heavy atom. The zero-order valence-corrected chi connectivity index (χ0v) is 10.5. The van der Waals surface area contributed by atoms with Crippen molar-refractivity contribution in [1.82, 2.24) is 14.5 Å². The number of benzene rings is 1. The fourth-order valence-electron chi connectivity index (χ4n) is 1.94. The number of hydrogen-bond acceptors (Lipinski definition) is 4. The van der Waals surface area contributed by atoms with Crippen LogP contribution in [0.2, 0.25) is 0 Å². The van der Waals surface area contributed by atoms with E-state index in [-0.39, 0.29) is 5.82 Å². The van der Waals surface area contributed by atoms with Gasteiger partial charge in [-0.25, -0.2) is 14.4 Å². The maximum atomic E-state index is 13.9. The summed E-state index contributed by atoms with van der Waals surface area (Å²) in [6.07, 6.45) is 0. The molecule has 0 fully saturated rings. The van der Waals surface area contributed by atoms with Crippen molar-refractivity contribution in [3.63, 3.8) is 0 Å². The van der Waals surface area contributed by atoms with Crippen LogP contribution in [-0.4, -0.2) is 14.5 Å². The molecule has 18 heavy (non-hydrogen) atoms. The predicted octanol–water partition coefficient (Wildman–Crippen LogP) is 2.57. The second-order valence-electron chi connectivity index (χ2n) is 4.02. The van der Waals surface area contributed by atoms with Crippen LogP contribution in [-0.2, 0) is 6.54 Å². The zero-order valence-electron chi connectivity index (χ0n) is 9.72. The minimum Gasteiger partial charge on any atom is -0.369 e. The lowest BCUT2D eigenvalue weighted by atomic mass is 10.3. The molecule has 0 radical (unpaired) electrons. The molecule has 0 atom stereocenters. The fourth-order valence-corrected chi connectivity index (χ4v) is 2.71. The molecule has 0 aliphatic rings. The lowest BCUT2D eigenvalue weighted by Gasteiger charge is -2.05. The summed E-state index contributed by atoms with van der Waals surface area (Å²) in [6, 6.07) is 4.80. The fraction of sp³-hybridized carbons (Fsp3) is 0.167. The van der Waals surface area contributed by atoms with Crippen LogP contribution in [0.1, 0.15) is 10.6 Å². The van der Waals surface area contributed by atoms with E-state index in [1.807, 2.05) is 6.92 Å². The Balaban J connectivity index is 2.17. The number of thiazole rings is 1. The first-order chi connectivity index (χ1) is 8.66. The number of para-hydroxylation sites is 1. The molecule has 1 aromatic carbocycles. The number of halogens is 1. The van der Waals surface area contributed by atoms with Gasteiger partial charge in [-0.15, -0.1) is 11.3 Å². The van der Waals surface area contributed by atoms with E-state index in [0.29, 0.717) is 23.5 Å². The third-order valence-corrected chi connectivity index (χ3v) is 3.81. The number of nitrogen functional groups attached to an aromatic ring is 1. The Kier molecular flexibility index (Phi) is 2.52. The number of fused-ring (bicyclic) bond motifs is 1. The predicted molar refractivity (Wildman–Crippen MR) is 70.1 cm³/mol. The number of aromatic nitrogens is 3. The van der Waals surface area contributed by atoms with Crippen LogP contribution in [0.5, 0.6) is 0 Å². The van der Waals surface area contributed by atoms with E-state index in [1.54, 1.807) is 22.2 Å². The van der Waals surface area contributed by atoms with Crippen molar-refractivity contribution in [1.29, 1.82) is 0 Å². The third kappa shape index (κ3) is 1.65. The van der Waals surface area contributed by atoms with Crippen molar-refractivity contribution in [2.24, 2.45) is 0 Å². The van der Waals surface area contributed by atoms with Gasteiger partial charge >= 0.3 is 0 Å². The van der Waals surface area contributed by atoms with Crippen molar-refractivity contribution in [3.8, 4) is 0 Å². The molecule has 6 heteroatoms. The van der Waals surface area contributed by atoms with E-state index in [0.717, 1.165) is 10.6 Å². The molecular formula is C12H11FN4S. The summed E-state index contributed by atoms with van der Waals surface area (Å²) >= 11 is 1.53. The number of aryl methyl sites for hydroxylation is 1. The van der Waals surface area contributed by atoms with Crippen LogP contribution in [0.3, 0.4) is 0 Å². The molecule has 0 amide bonds. The van der Waals surface area contributed by atoms with Crippen molar-refractivity contribution >= 4 is 28.3 Å². The average Bonchev–Trinajstić information content (AvgIpc) is 2.86. The molecule has 3 rings (SSSR count). The maximum Gasteiger partial charge on any atom is 0.201 e. The molecule has 3 aromatic rings. The summed E-state index contributed by atoms with van der Waals surface area (Å²) in [5, 5.41) is 0. The van der Waals surface area contributed by atoms with E-state index < -0.39 is 0 Å². The van der Waals surface area contributed by atoms with E-state index in [1.165, 1.54) is 17.4 Å². The minimum absolute atomic E-state index is 0.307. The monoisotopic (exact) mass is 262 g/mol. The molecule has 2 aromatic heterocycles. The first-order valence-corrected chi connectivity index (χ1v) is 6.34. The molecule has 4 nitrogen and oxygen atoms in total. The smallest absolute Gasteiger partial charge is 0.201 e. The number of nitrogens with two attached hydrogens (primary N) is 1. The van der Waals surface area contributed by atoms with Crippen molar-refractivity contribution in [3.05, 3.63) is 40.1 Å². The molecule has 0 saturated heterocycles. The Labute approximate surface area is 107 Å². The highest BCUT2D eigenvalue weighted by Crippen LogP contribution is 2.24. The van der Waals surface area contributed by atoms with Crippen LogP contribution < -0.4 is 5.73 Å². The van der Waals surface area contributed by atoms with Gasteiger partial charge in [0.05, 0.1) is 23.3 Å². The molecule has 0 saturated carbocycles. The van der Waals surface area contributed by atoms with E-state index in [4.69, 9.17) is 5.73 Å². The second kappa shape index (κ2) is 4.06. The van der Waals surface area contributed by atoms with Gasteiger partial charge in [-0.1, -0.05) is 6.07 Å². The van der Waals surface area contributed by atoms with Gasteiger partial charge in [0.15, 0.2) is 0 Å². The summed E-state index contributed by atoms with van der Waals surface area (Å²) in [6.45, 7) is 2.43. The van der Waals surface area contributed by atoms with Gasteiger partial charge < -0.3 is 10.3 Å². The van der Waals surface area contributed by atoms with Gasteiger partial charge in [0.2, 0.25) is 5.95 Å². The van der Waals surface area contributed by atoms with E-state index in [2.05, 4.69) is 9.97 Å². The van der Waals surface area contributed by atoms with Crippen LogP contribution in [0.25, 0.3) is 11.0 Å². The first-order valence-electron chi connectivity index (χ1n) is 5.46. The van der Waals surface area contributed by atoms with Crippen LogP contribution in [0.15, 0.2) is 23.7 Å². The lowest BCUT2D eigenvalue weighted by molar-refractivity contribution is 0.629. The first kappa shape index (κ1) is 11.2. The largest absolute Gasteiger partial charge is 0.369 e. The highest BCUT2D eigenvalue weighted by Gasteiger charge is 2.13. The normalized spacial score (nSPS) is 11.2. The van der Waals surface area contributed by atoms with E-state index >= 15 is 0 Å². The second-order valence-corrected chi connectivity index (χ2v) is 4.96. The van der Waals surface area contributed by atoms with Gasteiger partial charge in [0.25, 0.3) is 0 Å². The molecule has 2 N–H and O–H groups in total. The summed E-state index contributed by atoms with van der Waals surface area (Å²) in [5.41, 5.74) is 9.60. The topological polar surface area (TPSA) is 56.7 Å². The summed E-state index contributed by atoms with van der Waals surface area (Å²) in [7, 11) is 0. The van der Waals surface area contributed by atoms with Gasteiger partial charge in [0, 0.05) is 4.88 Å². The minimum atomic E-state index is -0.307. The molecule has 0 unspecified atom stereocenters. The van der Waals surface area contributed by atoms with E-state index in [9.17, 15) is 4.39 Å².